The number of ether oxygens (including phenoxy) is 1. The molecule has 1 aliphatic rings. The van der Waals surface area contributed by atoms with Crippen LogP contribution < -0.4 is 4.90 Å². The van der Waals surface area contributed by atoms with Gasteiger partial charge >= 0.3 is 0 Å². The van der Waals surface area contributed by atoms with Crippen LogP contribution in [0.2, 0.25) is 5.02 Å². The van der Waals surface area contributed by atoms with Crippen molar-refractivity contribution in [1.29, 1.82) is 0 Å². The van der Waals surface area contributed by atoms with E-state index in [1.54, 1.807) is 11.3 Å². The number of benzene rings is 2. The minimum absolute atomic E-state index is 0.0574. The lowest BCUT2D eigenvalue weighted by atomic mass is 10.0. The molecule has 0 aliphatic carbocycles. The zero-order chi connectivity index (χ0) is 17.2. The van der Waals surface area contributed by atoms with Crippen LogP contribution in [0, 0.1) is 0 Å². The third-order valence-corrected chi connectivity index (χ3v) is 5.41. The van der Waals surface area contributed by atoms with E-state index >= 15 is 0 Å². The summed E-state index contributed by atoms with van der Waals surface area (Å²) in [6.07, 6.45) is 2.11. The van der Waals surface area contributed by atoms with Crippen LogP contribution >= 0.6 is 35.2 Å². The summed E-state index contributed by atoms with van der Waals surface area (Å²) in [6.45, 7) is 0. The Morgan fingerprint density at radius 3 is 2.40 bits per heavy atom. The maximum absolute atomic E-state index is 6.06. The van der Waals surface area contributed by atoms with Gasteiger partial charge in [0.15, 0.2) is 0 Å². The van der Waals surface area contributed by atoms with E-state index in [2.05, 4.69) is 6.08 Å². The second-order valence-electron chi connectivity index (χ2n) is 5.58. The predicted molar refractivity (Wildman–Crippen MR) is 109 cm³/mol. The number of hydrogen-bond donors (Lipinski definition) is 0. The van der Waals surface area contributed by atoms with Gasteiger partial charge < -0.3 is 4.74 Å². The first-order valence-corrected chi connectivity index (χ1v) is 9.46. The molecular formula is C20H14ClNOS2. The number of halogens is 1. The summed E-state index contributed by atoms with van der Waals surface area (Å²) in [6, 6.07) is 21.9. The molecule has 2 nitrogen and oxygen atoms in total. The molecule has 0 spiro atoms. The molecule has 1 atom stereocenters. The Morgan fingerprint density at radius 1 is 0.960 bits per heavy atom. The fourth-order valence-electron chi connectivity index (χ4n) is 2.82. The van der Waals surface area contributed by atoms with Gasteiger partial charge in [0, 0.05) is 10.7 Å². The SMILES string of the molecule is S=C1OC(c2cccs2)=CC(c2ccc(Cl)cc2)N1c1ccccc1. The van der Waals surface area contributed by atoms with Crippen molar-refractivity contribution in [3.63, 3.8) is 0 Å². The highest BCUT2D eigenvalue weighted by molar-refractivity contribution is 7.80. The normalized spacial score (nSPS) is 17.2. The molecule has 0 saturated carbocycles. The lowest BCUT2D eigenvalue weighted by Gasteiger charge is -2.36. The number of thiocarbonyl (C=S) groups is 1. The van der Waals surface area contributed by atoms with Gasteiger partial charge in [0.05, 0.1) is 10.9 Å². The van der Waals surface area contributed by atoms with Gasteiger partial charge in [-0.1, -0.05) is 48.0 Å². The number of nitrogens with zero attached hydrogens (tertiary/aromatic N) is 1. The molecule has 0 fully saturated rings. The first-order chi connectivity index (χ1) is 12.2. The van der Waals surface area contributed by atoms with E-state index < -0.39 is 0 Å². The smallest absolute Gasteiger partial charge is 0.270 e. The van der Waals surface area contributed by atoms with Gasteiger partial charge in [0.1, 0.15) is 5.76 Å². The fraction of sp³-hybridized carbons (Fsp3) is 0.0500. The van der Waals surface area contributed by atoms with Crippen LogP contribution in [-0.4, -0.2) is 5.17 Å². The molecular weight excluding hydrogens is 370 g/mol. The molecule has 25 heavy (non-hydrogen) atoms. The van der Waals surface area contributed by atoms with Crippen molar-refractivity contribution in [2.45, 2.75) is 6.04 Å². The van der Waals surface area contributed by atoms with Gasteiger partial charge in [-0.25, -0.2) is 0 Å². The predicted octanol–water partition coefficient (Wildman–Crippen LogP) is 6.31. The van der Waals surface area contributed by atoms with Gasteiger partial charge in [-0.2, -0.15) is 0 Å². The second-order valence-corrected chi connectivity index (χ2v) is 7.31. The van der Waals surface area contributed by atoms with E-state index in [1.165, 1.54) is 0 Å². The van der Waals surface area contributed by atoms with Crippen LogP contribution in [0.25, 0.3) is 5.76 Å². The van der Waals surface area contributed by atoms with E-state index in [1.807, 2.05) is 77.0 Å². The zero-order valence-corrected chi connectivity index (χ0v) is 15.5. The van der Waals surface area contributed by atoms with Crippen molar-refractivity contribution in [2.75, 3.05) is 4.90 Å². The van der Waals surface area contributed by atoms with Crippen LogP contribution in [0.4, 0.5) is 5.69 Å². The standard InChI is InChI=1S/C20H14ClNOS2/c21-15-10-8-14(9-11-15)17-13-18(19-7-4-12-25-19)23-20(24)22(17)16-5-2-1-3-6-16/h1-13,17H. The molecule has 1 aliphatic heterocycles. The molecule has 0 radical (unpaired) electrons. The van der Waals surface area contributed by atoms with E-state index in [9.17, 15) is 0 Å². The summed E-state index contributed by atoms with van der Waals surface area (Å²) >= 11 is 13.3. The largest absolute Gasteiger partial charge is 0.430 e. The Bertz CT molecular complexity index is 905. The lowest BCUT2D eigenvalue weighted by molar-refractivity contribution is 0.481. The summed E-state index contributed by atoms with van der Waals surface area (Å²) in [5.74, 6) is 0.798. The van der Waals surface area contributed by atoms with Crippen molar-refractivity contribution in [1.82, 2.24) is 0 Å². The van der Waals surface area contributed by atoms with Crippen molar-refractivity contribution in [3.8, 4) is 0 Å². The van der Waals surface area contributed by atoms with Crippen LogP contribution in [0.3, 0.4) is 0 Å². The highest BCUT2D eigenvalue weighted by atomic mass is 35.5. The maximum Gasteiger partial charge on any atom is 0.270 e. The van der Waals surface area contributed by atoms with Crippen LogP contribution in [0.1, 0.15) is 16.5 Å². The number of para-hydroxylation sites is 1. The van der Waals surface area contributed by atoms with Gasteiger partial charge in [-0.15, -0.1) is 11.3 Å². The van der Waals surface area contributed by atoms with E-state index in [-0.39, 0.29) is 6.04 Å². The third kappa shape index (κ3) is 3.33. The van der Waals surface area contributed by atoms with Crippen molar-refractivity contribution < 1.29 is 4.74 Å². The molecule has 2 heterocycles. The summed E-state index contributed by atoms with van der Waals surface area (Å²) < 4.78 is 5.98. The summed E-state index contributed by atoms with van der Waals surface area (Å²) in [5, 5.41) is 3.19. The molecule has 0 amide bonds. The quantitative estimate of drug-likeness (QED) is 0.492. The molecule has 0 bridgehead atoms. The average molecular weight is 384 g/mol. The fourth-order valence-corrected chi connectivity index (χ4v) is 3.94. The number of rotatable bonds is 3. The van der Waals surface area contributed by atoms with Gasteiger partial charge in [-0.3, -0.25) is 4.90 Å². The Morgan fingerprint density at radius 2 is 1.72 bits per heavy atom. The number of thiophene rings is 1. The van der Waals surface area contributed by atoms with E-state index in [0.29, 0.717) is 10.2 Å². The lowest BCUT2D eigenvalue weighted by Crippen LogP contribution is -2.37. The molecule has 3 aromatic rings. The maximum atomic E-state index is 6.06. The summed E-state index contributed by atoms with van der Waals surface area (Å²) in [5.41, 5.74) is 2.10. The monoisotopic (exact) mass is 383 g/mol. The molecule has 4 rings (SSSR count). The molecule has 1 aromatic heterocycles. The van der Waals surface area contributed by atoms with E-state index in [4.69, 9.17) is 28.6 Å². The number of anilines is 1. The first-order valence-electron chi connectivity index (χ1n) is 7.79. The molecule has 1 unspecified atom stereocenters. The minimum atomic E-state index is -0.0574. The second kappa shape index (κ2) is 7.00. The van der Waals surface area contributed by atoms with Crippen LogP contribution in [-0.2, 0) is 4.74 Å². The highest BCUT2D eigenvalue weighted by Gasteiger charge is 2.30. The Balaban J connectivity index is 1.83. The Labute approximate surface area is 160 Å². The third-order valence-electron chi connectivity index (χ3n) is 3.99. The van der Waals surface area contributed by atoms with Crippen LogP contribution in [0.15, 0.2) is 78.2 Å². The minimum Gasteiger partial charge on any atom is -0.430 e. The zero-order valence-electron chi connectivity index (χ0n) is 13.1. The molecule has 0 N–H and O–H groups in total. The summed E-state index contributed by atoms with van der Waals surface area (Å²) in [7, 11) is 0. The molecule has 124 valence electrons. The van der Waals surface area contributed by atoms with Gasteiger partial charge in [0.2, 0.25) is 0 Å². The Kier molecular flexibility index (Phi) is 4.57. The highest BCUT2D eigenvalue weighted by Crippen LogP contribution is 2.37. The average Bonchev–Trinajstić information content (AvgIpc) is 3.17. The molecule has 0 saturated heterocycles. The molecule has 5 heteroatoms. The first kappa shape index (κ1) is 16.3. The summed E-state index contributed by atoms with van der Waals surface area (Å²) in [4.78, 5) is 3.09. The molecule has 2 aromatic carbocycles. The van der Waals surface area contributed by atoms with E-state index in [0.717, 1.165) is 21.9 Å². The van der Waals surface area contributed by atoms with Crippen molar-refractivity contribution in [2.24, 2.45) is 0 Å². The topological polar surface area (TPSA) is 12.5 Å². The Hall–Kier alpha value is -2.14. The van der Waals surface area contributed by atoms with Crippen molar-refractivity contribution >= 4 is 51.8 Å². The number of hydrogen-bond acceptors (Lipinski definition) is 3. The van der Waals surface area contributed by atoms with Gasteiger partial charge in [0.25, 0.3) is 5.17 Å². The van der Waals surface area contributed by atoms with Crippen molar-refractivity contribution in [3.05, 3.63) is 93.6 Å². The van der Waals surface area contributed by atoms with Gasteiger partial charge in [-0.05, 0) is 59.6 Å². The van der Waals surface area contributed by atoms with Crippen LogP contribution in [0.5, 0.6) is 0 Å².